The van der Waals surface area contributed by atoms with Crippen LogP contribution in [0.15, 0.2) is 41.3 Å². The minimum atomic E-state index is -4.53. The largest absolute Gasteiger partial charge is 0.407 e. The van der Waals surface area contributed by atoms with Crippen LogP contribution in [-0.2, 0) is 0 Å². The number of anilines is 2. The number of aromatic nitrogens is 3. The highest BCUT2D eigenvalue weighted by atomic mass is 19.4. The van der Waals surface area contributed by atoms with Crippen LogP contribution in [0, 0.1) is 17.2 Å². The molecule has 0 amide bonds. The Morgan fingerprint density at radius 2 is 1.94 bits per heavy atom. The summed E-state index contributed by atoms with van der Waals surface area (Å²) in [5.41, 5.74) is 5.91. The van der Waals surface area contributed by atoms with Crippen molar-refractivity contribution in [1.29, 1.82) is 5.26 Å². The lowest BCUT2D eigenvalue weighted by molar-refractivity contribution is -0.149. The molecule has 1 aliphatic rings. The zero-order chi connectivity index (χ0) is 22.2. The van der Waals surface area contributed by atoms with Crippen LogP contribution in [-0.4, -0.2) is 20.9 Å². The van der Waals surface area contributed by atoms with Gasteiger partial charge in [0.05, 0.1) is 23.5 Å². The molecule has 4 N–H and O–H groups in total. The van der Waals surface area contributed by atoms with Gasteiger partial charge in [-0.05, 0) is 36.6 Å². The van der Waals surface area contributed by atoms with Crippen molar-refractivity contribution in [3.8, 4) is 6.07 Å². The summed E-state index contributed by atoms with van der Waals surface area (Å²) < 4.78 is 40.2. The Morgan fingerprint density at radius 3 is 2.61 bits per heavy atom. The summed E-state index contributed by atoms with van der Waals surface area (Å²) in [7, 11) is 0. The molecule has 0 aliphatic heterocycles. The van der Waals surface area contributed by atoms with Crippen LogP contribution >= 0.6 is 0 Å². The zero-order valence-electron chi connectivity index (χ0n) is 16.5. The van der Waals surface area contributed by atoms with E-state index in [1.165, 1.54) is 30.5 Å². The van der Waals surface area contributed by atoms with E-state index in [-0.39, 0.29) is 28.9 Å². The molecule has 4 rings (SSSR count). The number of nitrogens with zero attached hydrogens (tertiary/aromatic N) is 3. The molecular formula is C21H21F3N6O. The minimum absolute atomic E-state index is 0.0645. The molecule has 0 saturated heterocycles. The van der Waals surface area contributed by atoms with Crippen molar-refractivity contribution in [3.63, 3.8) is 0 Å². The lowest BCUT2D eigenvalue weighted by atomic mass is 9.85. The maximum Gasteiger partial charge on any atom is 0.407 e. The fraction of sp³-hybridized carbons (Fsp3) is 0.381. The molecular weight excluding hydrogens is 409 g/mol. The normalized spacial score (nSPS) is 20.4. The topological polar surface area (TPSA) is 113 Å². The second-order valence-corrected chi connectivity index (χ2v) is 7.71. The van der Waals surface area contributed by atoms with Gasteiger partial charge < -0.3 is 16.0 Å². The summed E-state index contributed by atoms with van der Waals surface area (Å²) in [6.45, 7) is 0. The average molecular weight is 430 g/mol. The number of fused-ring (bicyclic) bond motifs is 1. The predicted octanol–water partition coefficient (Wildman–Crippen LogP) is 4.29. The van der Waals surface area contributed by atoms with Gasteiger partial charge in [0.15, 0.2) is 5.82 Å². The molecule has 3 aromatic rings. The molecule has 2 heterocycles. The fourth-order valence-corrected chi connectivity index (χ4v) is 4.09. The van der Waals surface area contributed by atoms with Crippen molar-refractivity contribution >= 4 is 22.4 Å². The van der Waals surface area contributed by atoms with E-state index in [4.69, 9.17) is 5.73 Å². The molecule has 0 bridgehead atoms. The number of halogens is 3. The molecule has 3 unspecified atom stereocenters. The van der Waals surface area contributed by atoms with Crippen molar-refractivity contribution in [1.82, 2.24) is 14.8 Å². The second kappa shape index (κ2) is 8.07. The number of alkyl halides is 3. The molecule has 1 fully saturated rings. The molecule has 1 aromatic carbocycles. The molecule has 1 aliphatic carbocycles. The highest BCUT2D eigenvalue weighted by Crippen LogP contribution is 2.37. The van der Waals surface area contributed by atoms with Gasteiger partial charge in [0, 0.05) is 11.9 Å². The van der Waals surface area contributed by atoms with Gasteiger partial charge in [0.2, 0.25) is 0 Å². The summed E-state index contributed by atoms with van der Waals surface area (Å²) in [5.74, 6) is 0.0825. The van der Waals surface area contributed by atoms with Crippen LogP contribution in [0.2, 0.25) is 0 Å². The smallest absolute Gasteiger partial charge is 0.338 e. The first kappa shape index (κ1) is 20.9. The first-order valence-electron chi connectivity index (χ1n) is 9.98. The van der Waals surface area contributed by atoms with Crippen LogP contribution in [0.3, 0.4) is 0 Å². The van der Waals surface area contributed by atoms with Crippen molar-refractivity contribution in [3.05, 3.63) is 52.4 Å². The summed E-state index contributed by atoms with van der Waals surface area (Å²) >= 11 is 0. The van der Waals surface area contributed by atoms with Crippen LogP contribution in [0.25, 0.3) is 10.9 Å². The number of H-pyrrole nitrogens is 1. The van der Waals surface area contributed by atoms with Gasteiger partial charge >= 0.3 is 6.18 Å². The quantitative estimate of drug-likeness (QED) is 0.572. The van der Waals surface area contributed by atoms with Gasteiger partial charge in [-0.2, -0.15) is 23.5 Å². The Morgan fingerprint density at radius 1 is 1.23 bits per heavy atom. The summed E-state index contributed by atoms with van der Waals surface area (Å²) in [5, 5.41) is 17.5. The molecule has 7 nitrogen and oxygen atoms in total. The number of pyridine rings is 1. The standard InChI is InChI=1S/C21H21F3N6O/c22-21(23,24)18(26)12-5-7-14(8-6-12)28-19-17-16(9-10-27-20(17)31)30(29-19)15-4-2-1-3-13(15)11-25/h5-10,13,15,18H,1-4,26H2,(H,27,31)(H,28,29). The van der Waals surface area contributed by atoms with Crippen LogP contribution in [0.1, 0.15) is 43.3 Å². The number of hydrogen-bond donors (Lipinski definition) is 3. The van der Waals surface area contributed by atoms with E-state index < -0.39 is 12.2 Å². The van der Waals surface area contributed by atoms with E-state index in [0.29, 0.717) is 16.6 Å². The zero-order valence-corrected chi connectivity index (χ0v) is 16.5. The number of benzene rings is 1. The van der Waals surface area contributed by atoms with Crippen molar-refractivity contribution in [2.24, 2.45) is 11.7 Å². The first-order chi connectivity index (χ1) is 14.8. The van der Waals surface area contributed by atoms with Gasteiger partial charge in [-0.15, -0.1) is 0 Å². The van der Waals surface area contributed by atoms with E-state index in [1.54, 1.807) is 10.7 Å². The summed E-state index contributed by atoms with van der Waals surface area (Å²) in [4.78, 5) is 15.2. The number of nitrogens with two attached hydrogens (primary N) is 1. The monoisotopic (exact) mass is 430 g/mol. The van der Waals surface area contributed by atoms with Crippen molar-refractivity contribution < 1.29 is 13.2 Å². The molecule has 1 saturated carbocycles. The Bertz CT molecular complexity index is 1180. The second-order valence-electron chi connectivity index (χ2n) is 7.71. The highest BCUT2D eigenvalue weighted by Gasteiger charge is 2.37. The molecule has 0 radical (unpaired) electrons. The number of rotatable bonds is 4. The highest BCUT2D eigenvalue weighted by molar-refractivity contribution is 5.91. The van der Waals surface area contributed by atoms with E-state index in [2.05, 4.69) is 21.5 Å². The number of nitriles is 1. The molecule has 2 aromatic heterocycles. The minimum Gasteiger partial charge on any atom is -0.338 e. The molecule has 3 atom stereocenters. The van der Waals surface area contributed by atoms with Crippen molar-refractivity contribution in [2.45, 2.75) is 43.9 Å². The lowest BCUT2D eigenvalue weighted by Gasteiger charge is -2.27. The average Bonchev–Trinajstić information content (AvgIpc) is 3.12. The van der Waals surface area contributed by atoms with E-state index in [0.717, 1.165) is 25.7 Å². The Hall–Kier alpha value is -3.32. The first-order valence-corrected chi connectivity index (χ1v) is 9.98. The number of hydrogen-bond acceptors (Lipinski definition) is 5. The van der Waals surface area contributed by atoms with Crippen LogP contribution < -0.4 is 16.6 Å². The van der Waals surface area contributed by atoms with Crippen LogP contribution in [0.5, 0.6) is 0 Å². The van der Waals surface area contributed by atoms with Gasteiger partial charge in [0.1, 0.15) is 11.4 Å². The third-order valence-corrected chi connectivity index (χ3v) is 5.72. The van der Waals surface area contributed by atoms with E-state index >= 15 is 0 Å². The van der Waals surface area contributed by atoms with Gasteiger partial charge in [-0.25, -0.2) is 0 Å². The maximum atomic E-state index is 12.8. The molecule has 31 heavy (non-hydrogen) atoms. The van der Waals surface area contributed by atoms with E-state index in [9.17, 15) is 23.2 Å². The van der Waals surface area contributed by atoms with Crippen LogP contribution in [0.4, 0.5) is 24.7 Å². The molecule has 0 spiro atoms. The van der Waals surface area contributed by atoms with E-state index in [1.807, 2.05) is 0 Å². The summed E-state index contributed by atoms with van der Waals surface area (Å²) in [6.07, 6.45) is 0.502. The number of nitrogens with one attached hydrogen (secondary N) is 2. The maximum absolute atomic E-state index is 12.8. The predicted molar refractivity (Wildman–Crippen MR) is 110 cm³/mol. The lowest BCUT2D eigenvalue weighted by Crippen LogP contribution is -2.28. The van der Waals surface area contributed by atoms with Gasteiger partial charge in [-0.1, -0.05) is 25.0 Å². The SMILES string of the molecule is N#CC1CCCCC1n1nc(Nc2ccc(C(N)C(F)(F)F)cc2)c2c(=O)[nH]ccc21. The summed E-state index contributed by atoms with van der Waals surface area (Å²) in [6, 6.07) is 7.37. The van der Waals surface area contributed by atoms with Crippen molar-refractivity contribution in [2.75, 3.05) is 5.32 Å². The molecule has 10 heteroatoms. The third kappa shape index (κ3) is 4.01. The van der Waals surface area contributed by atoms with Gasteiger partial charge in [-0.3, -0.25) is 9.48 Å². The Kier molecular flexibility index (Phi) is 5.45. The molecule has 162 valence electrons. The van der Waals surface area contributed by atoms with Gasteiger partial charge in [0.25, 0.3) is 5.56 Å². The fourth-order valence-electron chi connectivity index (χ4n) is 4.09. The Labute approximate surface area is 175 Å². The number of aromatic amines is 1. The Balaban J connectivity index is 1.70. The third-order valence-electron chi connectivity index (χ3n) is 5.72.